The molecule has 0 spiro atoms. The lowest BCUT2D eigenvalue weighted by Gasteiger charge is -2.11. The maximum absolute atomic E-state index is 2.13. The Morgan fingerprint density at radius 1 is 0.944 bits per heavy atom. The summed E-state index contributed by atoms with van der Waals surface area (Å²) in [6.45, 7) is 0. The molecular weight excluding hydrogens is 220 g/mol. The van der Waals surface area contributed by atoms with Gasteiger partial charge in [0.15, 0.2) is 12.4 Å². The SMILES string of the molecule is CN(C)c1ccc(/C=C/c2ccc[n+](C)c2)cc1. The van der Waals surface area contributed by atoms with Gasteiger partial charge in [-0.1, -0.05) is 18.2 Å². The zero-order valence-corrected chi connectivity index (χ0v) is 11.2. The van der Waals surface area contributed by atoms with Gasteiger partial charge in [-0.05, 0) is 29.8 Å². The molecule has 0 bridgehead atoms. The highest BCUT2D eigenvalue weighted by molar-refractivity contribution is 5.69. The van der Waals surface area contributed by atoms with Crippen LogP contribution in [-0.2, 0) is 7.05 Å². The molecular formula is C16H19N2+. The van der Waals surface area contributed by atoms with E-state index in [2.05, 4.69) is 78.3 Å². The second kappa shape index (κ2) is 5.50. The van der Waals surface area contributed by atoms with Crippen molar-refractivity contribution in [3.63, 3.8) is 0 Å². The second-order valence-electron chi connectivity index (χ2n) is 4.62. The van der Waals surface area contributed by atoms with Crippen molar-refractivity contribution < 1.29 is 4.57 Å². The van der Waals surface area contributed by atoms with Crippen LogP contribution in [0.15, 0.2) is 48.8 Å². The van der Waals surface area contributed by atoms with Crippen LogP contribution in [0.2, 0.25) is 0 Å². The average Bonchev–Trinajstić information content (AvgIpc) is 2.37. The van der Waals surface area contributed by atoms with Crippen LogP contribution in [0.5, 0.6) is 0 Å². The summed E-state index contributed by atoms with van der Waals surface area (Å²) in [5.74, 6) is 0. The minimum Gasteiger partial charge on any atom is -0.378 e. The molecule has 0 N–H and O–H groups in total. The molecule has 0 saturated heterocycles. The highest BCUT2D eigenvalue weighted by atomic mass is 15.1. The first-order chi connectivity index (χ1) is 8.65. The Morgan fingerprint density at radius 2 is 1.61 bits per heavy atom. The molecule has 0 atom stereocenters. The molecule has 2 heteroatoms. The number of pyridine rings is 1. The Balaban J connectivity index is 2.14. The van der Waals surface area contributed by atoms with Gasteiger partial charge >= 0.3 is 0 Å². The van der Waals surface area contributed by atoms with Crippen LogP contribution in [-0.4, -0.2) is 14.1 Å². The van der Waals surface area contributed by atoms with Crippen LogP contribution in [0, 0.1) is 0 Å². The van der Waals surface area contributed by atoms with E-state index in [1.165, 1.54) is 16.8 Å². The third kappa shape index (κ3) is 3.20. The van der Waals surface area contributed by atoms with E-state index in [-0.39, 0.29) is 0 Å². The fourth-order valence-electron chi connectivity index (χ4n) is 1.79. The van der Waals surface area contributed by atoms with E-state index >= 15 is 0 Å². The summed E-state index contributed by atoms with van der Waals surface area (Å²) in [5, 5.41) is 0. The minimum absolute atomic E-state index is 1.21. The van der Waals surface area contributed by atoms with E-state index in [1.54, 1.807) is 0 Å². The summed E-state index contributed by atoms with van der Waals surface area (Å²) >= 11 is 0. The number of hydrogen-bond donors (Lipinski definition) is 0. The van der Waals surface area contributed by atoms with E-state index < -0.39 is 0 Å². The Labute approximate surface area is 109 Å². The second-order valence-corrected chi connectivity index (χ2v) is 4.62. The molecule has 0 unspecified atom stereocenters. The van der Waals surface area contributed by atoms with Gasteiger partial charge in [0.1, 0.15) is 7.05 Å². The quantitative estimate of drug-likeness (QED) is 0.747. The largest absolute Gasteiger partial charge is 0.378 e. The van der Waals surface area contributed by atoms with Crippen molar-refractivity contribution in [1.82, 2.24) is 0 Å². The maximum Gasteiger partial charge on any atom is 0.175 e. The van der Waals surface area contributed by atoms with Crippen molar-refractivity contribution in [3.8, 4) is 0 Å². The molecule has 18 heavy (non-hydrogen) atoms. The molecule has 2 rings (SSSR count). The lowest BCUT2D eigenvalue weighted by molar-refractivity contribution is -0.671. The third-order valence-electron chi connectivity index (χ3n) is 2.84. The van der Waals surface area contributed by atoms with Crippen LogP contribution in [0.3, 0.4) is 0 Å². The minimum atomic E-state index is 1.21. The van der Waals surface area contributed by atoms with Gasteiger partial charge in [-0.15, -0.1) is 0 Å². The molecule has 1 heterocycles. The third-order valence-corrected chi connectivity index (χ3v) is 2.84. The van der Waals surface area contributed by atoms with Gasteiger partial charge in [0.05, 0.1) is 0 Å². The molecule has 0 radical (unpaired) electrons. The summed E-state index contributed by atoms with van der Waals surface area (Å²) in [5.41, 5.74) is 3.64. The number of rotatable bonds is 3. The number of hydrogen-bond acceptors (Lipinski definition) is 1. The standard InChI is InChI=1S/C16H19N2/c1-17(2)16-10-8-14(9-11-16)6-7-15-5-4-12-18(3)13-15/h4-13H,1-3H3/q+1/b7-6+. The summed E-state index contributed by atoms with van der Waals surface area (Å²) in [6.07, 6.45) is 8.40. The van der Waals surface area contributed by atoms with Crippen LogP contribution in [0.25, 0.3) is 12.2 Å². The van der Waals surface area contributed by atoms with E-state index in [0.717, 1.165) is 0 Å². The van der Waals surface area contributed by atoms with Crippen molar-refractivity contribution in [2.45, 2.75) is 0 Å². The molecule has 0 aliphatic heterocycles. The monoisotopic (exact) mass is 239 g/mol. The Hall–Kier alpha value is -2.09. The average molecular weight is 239 g/mol. The van der Waals surface area contributed by atoms with Crippen molar-refractivity contribution in [1.29, 1.82) is 0 Å². The Bertz CT molecular complexity index is 539. The van der Waals surface area contributed by atoms with Crippen LogP contribution >= 0.6 is 0 Å². The Kier molecular flexibility index (Phi) is 3.78. The molecule has 1 aromatic carbocycles. The normalized spacial score (nSPS) is 10.8. The predicted molar refractivity (Wildman–Crippen MR) is 77.3 cm³/mol. The van der Waals surface area contributed by atoms with Crippen LogP contribution in [0.1, 0.15) is 11.1 Å². The van der Waals surface area contributed by atoms with Crippen molar-refractivity contribution in [2.24, 2.45) is 7.05 Å². The maximum atomic E-state index is 2.13. The lowest BCUT2D eigenvalue weighted by atomic mass is 10.1. The highest BCUT2D eigenvalue weighted by Crippen LogP contribution is 2.14. The fourth-order valence-corrected chi connectivity index (χ4v) is 1.79. The number of nitrogens with zero attached hydrogens (tertiary/aromatic N) is 2. The van der Waals surface area contributed by atoms with Gasteiger partial charge in [0.2, 0.25) is 0 Å². The molecule has 1 aromatic heterocycles. The highest BCUT2D eigenvalue weighted by Gasteiger charge is 1.95. The fraction of sp³-hybridized carbons (Fsp3) is 0.188. The summed E-state index contributed by atoms with van der Waals surface area (Å²) in [6, 6.07) is 12.7. The molecule has 0 fully saturated rings. The van der Waals surface area contributed by atoms with E-state index in [9.17, 15) is 0 Å². The molecule has 92 valence electrons. The molecule has 0 saturated carbocycles. The van der Waals surface area contributed by atoms with Crippen LogP contribution in [0.4, 0.5) is 5.69 Å². The summed E-state index contributed by atoms with van der Waals surface area (Å²) in [7, 11) is 6.13. The summed E-state index contributed by atoms with van der Waals surface area (Å²) in [4.78, 5) is 2.10. The van der Waals surface area contributed by atoms with Gasteiger partial charge in [0, 0.05) is 31.4 Å². The smallest absolute Gasteiger partial charge is 0.175 e. The van der Waals surface area contributed by atoms with Crippen molar-refractivity contribution in [2.75, 3.05) is 19.0 Å². The number of aromatic nitrogens is 1. The molecule has 0 aliphatic carbocycles. The van der Waals surface area contributed by atoms with Gasteiger partial charge in [-0.3, -0.25) is 0 Å². The first-order valence-electron chi connectivity index (χ1n) is 6.06. The van der Waals surface area contributed by atoms with E-state index in [0.29, 0.717) is 0 Å². The number of benzene rings is 1. The Morgan fingerprint density at radius 3 is 2.22 bits per heavy atom. The predicted octanol–water partition coefficient (Wildman–Crippen LogP) is 2.75. The zero-order chi connectivity index (χ0) is 13.0. The first kappa shape index (κ1) is 12.4. The topological polar surface area (TPSA) is 7.12 Å². The van der Waals surface area contributed by atoms with Gasteiger partial charge < -0.3 is 4.90 Å². The molecule has 0 aliphatic rings. The van der Waals surface area contributed by atoms with E-state index in [1.807, 2.05) is 13.2 Å². The van der Waals surface area contributed by atoms with Gasteiger partial charge in [0.25, 0.3) is 0 Å². The number of aryl methyl sites for hydroxylation is 1. The van der Waals surface area contributed by atoms with Gasteiger partial charge in [-0.2, -0.15) is 0 Å². The van der Waals surface area contributed by atoms with Gasteiger partial charge in [-0.25, -0.2) is 4.57 Å². The number of anilines is 1. The van der Waals surface area contributed by atoms with Crippen LogP contribution < -0.4 is 9.47 Å². The zero-order valence-electron chi connectivity index (χ0n) is 11.2. The van der Waals surface area contributed by atoms with Crippen molar-refractivity contribution >= 4 is 17.8 Å². The van der Waals surface area contributed by atoms with Crippen molar-refractivity contribution in [3.05, 3.63) is 59.9 Å². The summed E-state index contributed by atoms with van der Waals surface area (Å²) < 4.78 is 2.05. The lowest BCUT2D eigenvalue weighted by Crippen LogP contribution is -2.26. The molecule has 2 nitrogen and oxygen atoms in total. The first-order valence-corrected chi connectivity index (χ1v) is 6.06. The van der Waals surface area contributed by atoms with E-state index in [4.69, 9.17) is 0 Å². The molecule has 0 amide bonds. The molecule has 2 aromatic rings.